The van der Waals surface area contributed by atoms with Crippen molar-refractivity contribution in [3.63, 3.8) is 0 Å². The van der Waals surface area contributed by atoms with Gasteiger partial charge in [-0.2, -0.15) is 0 Å². The second-order valence-electron chi connectivity index (χ2n) is 14.2. The normalized spacial score (nSPS) is 14.8. The van der Waals surface area contributed by atoms with Crippen LogP contribution in [0.4, 0.5) is 0 Å². The van der Waals surface area contributed by atoms with E-state index < -0.39 is 134 Å². The van der Waals surface area contributed by atoms with E-state index in [0.717, 1.165) is 12.5 Å². The molecule has 0 saturated heterocycles. The third-order valence-corrected chi connectivity index (χ3v) is 8.96. The summed E-state index contributed by atoms with van der Waals surface area (Å²) < 4.78 is 4.77. The largest absolute Gasteiger partial charge is 0.480 e. The van der Waals surface area contributed by atoms with Crippen molar-refractivity contribution in [3.05, 3.63) is 35.9 Å². The average Bonchev–Trinajstić information content (AvgIpc) is 3.25. The minimum Gasteiger partial charge on any atom is -0.480 e. The molecule has 1 rings (SSSR count). The van der Waals surface area contributed by atoms with Gasteiger partial charge in [0.25, 0.3) is 0 Å². The molecule has 1 aromatic rings. The van der Waals surface area contributed by atoms with E-state index in [0.29, 0.717) is 12.8 Å². The molecule has 0 spiro atoms. The molecule has 25 nitrogen and oxygen atoms in total. The number of hydrazine groups is 1. The molecular formula is C38H60N10O15. The van der Waals surface area contributed by atoms with Gasteiger partial charge in [-0.1, -0.05) is 37.3 Å². The molecule has 63 heavy (non-hydrogen) atoms. The monoisotopic (exact) mass is 896 g/mol. The van der Waals surface area contributed by atoms with Gasteiger partial charge in [-0.25, -0.2) is 10.9 Å². The van der Waals surface area contributed by atoms with Gasteiger partial charge in [0.2, 0.25) is 47.0 Å². The van der Waals surface area contributed by atoms with Crippen molar-refractivity contribution in [2.45, 2.75) is 107 Å². The van der Waals surface area contributed by atoms with Gasteiger partial charge in [0, 0.05) is 32.4 Å². The first-order valence-electron chi connectivity index (χ1n) is 19.9. The summed E-state index contributed by atoms with van der Waals surface area (Å²) in [7, 11) is 0. The van der Waals surface area contributed by atoms with E-state index >= 15 is 0 Å². The number of carbonyl (C=O) groups excluding carboxylic acids is 9. The second kappa shape index (κ2) is 29.4. The molecule has 0 fully saturated rings. The van der Waals surface area contributed by atoms with Gasteiger partial charge < -0.3 is 68.9 Å². The van der Waals surface area contributed by atoms with Gasteiger partial charge in [-0.15, -0.1) is 0 Å². The lowest BCUT2D eigenvalue weighted by molar-refractivity contribution is -0.145. The zero-order chi connectivity index (χ0) is 47.6. The molecule has 0 saturated carbocycles. The van der Waals surface area contributed by atoms with Gasteiger partial charge >= 0.3 is 11.9 Å². The molecule has 8 atom stereocenters. The van der Waals surface area contributed by atoms with Crippen molar-refractivity contribution in [1.82, 2.24) is 37.4 Å². The van der Waals surface area contributed by atoms with Crippen LogP contribution in [0.2, 0.25) is 0 Å². The number of rotatable bonds is 32. The minimum absolute atomic E-state index is 0.0250. The highest BCUT2D eigenvalue weighted by Crippen LogP contribution is 2.06. The van der Waals surface area contributed by atoms with Crippen LogP contribution in [0.1, 0.15) is 57.9 Å². The lowest BCUT2D eigenvalue weighted by atomic mass is 9.96. The van der Waals surface area contributed by atoms with Crippen LogP contribution in [0.25, 0.3) is 0 Å². The van der Waals surface area contributed by atoms with Crippen LogP contribution in [0.5, 0.6) is 0 Å². The van der Waals surface area contributed by atoms with E-state index in [1.54, 1.807) is 30.3 Å². The molecule has 0 aromatic heterocycles. The number of esters is 1. The highest BCUT2D eigenvalue weighted by molar-refractivity contribution is 6.42. The van der Waals surface area contributed by atoms with Crippen molar-refractivity contribution >= 4 is 58.9 Å². The number of hydrogen-bond donors (Lipinski definition) is 14. The summed E-state index contributed by atoms with van der Waals surface area (Å²) in [4.78, 5) is 124. The number of carboxylic acids is 1. The van der Waals surface area contributed by atoms with Crippen molar-refractivity contribution < 1.29 is 73.1 Å². The predicted octanol–water partition coefficient (Wildman–Crippen LogP) is -6.62. The summed E-state index contributed by atoms with van der Waals surface area (Å²) in [5.74, 6) is -10.3. The fourth-order valence-electron chi connectivity index (χ4n) is 5.28. The maximum Gasteiger partial charge on any atom is 0.322 e. The van der Waals surface area contributed by atoms with Gasteiger partial charge in [0.05, 0.1) is 25.7 Å². The highest BCUT2D eigenvalue weighted by Gasteiger charge is 2.38. The molecular weight excluding hydrogens is 836 g/mol. The Hall–Kier alpha value is -5.96. The number of ketones is 2. The van der Waals surface area contributed by atoms with Crippen molar-refractivity contribution in [2.24, 2.45) is 17.2 Å². The van der Waals surface area contributed by atoms with Gasteiger partial charge in [-0.3, -0.25) is 47.9 Å². The Kier molecular flexibility index (Phi) is 25.7. The zero-order valence-electron chi connectivity index (χ0n) is 35.0. The highest BCUT2D eigenvalue weighted by atomic mass is 16.5. The standard InChI is InChI=1S/C38H60N10O15/c1-3-30(54)63-19-23(40)35(58)44-25(16-28(41)52)32(55)33(56)31(20(2)51)46-37(60)27(18-50)48-47-24(38(61)62)11-12-29(53)42-13-7-8-14-43-36(59)26(45-34(57)22(39)17-49)15-21-9-5-4-6-10-21/h4-6,9-10,20,22-27,31,47-51H,3,7-8,11-19,39-40H2,1-2H3,(H2,41,52)(H,42,53)(H,43,59)(H,44,58)(H,45,57)(H,46,60)(H,61,62)/t20-,22?,23?,24?,25+,26?,27+,31+/m1/s1. The molecule has 25 heteroatoms. The van der Waals surface area contributed by atoms with E-state index in [1.807, 2.05) is 0 Å². The van der Waals surface area contributed by atoms with Gasteiger partial charge in [-0.05, 0) is 31.7 Å². The van der Waals surface area contributed by atoms with Gasteiger partial charge in [0.1, 0.15) is 48.9 Å². The lowest BCUT2D eigenvalue weighted by Gasteiger charge is -2.26. The number of hydrogen-bond acceptors (Lipinski definition) is 18. The quantitative estimate of drug-likeness (QED) is 0.0138. The number of Topliss-reactive ketones (excluding diaryl/α,β-unsaturated/α-hetero) is 2. The number of nitrogens with one attached hydrogen (secondary N) is 7. The fraction of sp³-hybridized carbons (Fsp3) is 0.579. The minimum atomic E-state index is -2.01. The van der Waals surface area contributed by atoms with Gasteiger partial charge in [0.15, 0.2) is 0 Å². The van der Waals surface area contributed by atoms with Crippen LogP contribution >= 0.6 is 0 Å². The maximum absolute atomic E-state index is 13.2. The Morgan fingerprint density at radius 1 is 0.714 bits per heavy atom. The molecule has 1 aromatic carbocycles. The summed E-state index contributed by atoms with van der Waals surface area (Å²) in [5, 5.41) is 51.0. The van der Waals surface area contributed by atoms with E-state index in [4.69, 9.17) is 21.9 Å². The number of amides is 6. The first kappa shape index (κ1) is 55.1. The number of ether oxygens (including phenoxy) is 1. The number of nitrogens with two attached hydrogens (primary N) is 3. The van der Waals surface area contributed by atoms with E-state index in [9.17, 15) is 68.4 Å². The first-order valence-corrected chi connectivity index (χ1v) is 19.9. The van der Waals surface area contributed by atoms with Crippen LogP contribution in [0.3, 0.4) is 0 Å². The number of unbranched alkanes of at least 4 members (excludes halogenated alkanes) is 1. The molecule has 4 unspecified atom stereocenters. The number of primary amides is 1. The second-order valence-corrected chi connectivity index (χ2v) is 14.2. The van der Waals surface area contributed by atoms with Crippen LogP contribution in [0.15, 0.2) is 30.3 Å². The molecule has 0 radical (unpaired) electrons. The van der Waals surface area contributed by atoms with E-state index in [1.165, 1.54) is 6.92 Å². The lowest BCUT2D eigenvalue weighted by Crippen LogP contribution is -2.61. The summed E-state index contributed by atoms with van der Waals surface area (Å²) >= 11 is 0. The van der Waals surface area contributed by atoms with Crippen LogP contribution in [-0.2, 0) is 59.1 Å². The molecule has 352 valence electrons. The Labute approximate surface area is 362 Å². The summed E-state index contributed by atoms with van der Waals surface area (Å²) in [6.07, 6.45) is -2.34. The average molecular weight is 897 g/mol. The number of aliphatic hydroxyl groups is 3. The molecule has 0 heterocycles. The first-order chi connectivity index (χ1) is 29.7. The maximum atomic E-state index is 13.2. The van der Waals surface area contributed by atoms with Crippen molar-refractivity contribution in [2.75, 3.05) is 32.9 Å². The third-order valence-electron chi connectivity index (χ3n) is 8.96. The summed E-state index contributed by atoms with van der Waals surface area (Å²) in [6.45, 7) is 0.622. The Balaban J connectivity index is 2.71. The molecule has 17 N–H and O–H groups in total. The van der Waals surface area contributed by atoms with Crippen LogP contribution < -0.4 is 54.6 Å². The van der Waals surface area contributed by atoms with E-state index in [-0.39, 0.29) is 38.8 Å². The summed E-state index contributed by atoms with van der Waals surface area (Å²) in [6, 6.07) is -1.92. The zero-order valence-corrected chi connectivity index (χ0v) is 35.0. The van der Waals surface area contributed by atoms with E-state index in [2.05, 4.69) is 37.4 Å². The molecule has 6 amide bonds. The SMILES string of the molecule is CCC(=O)OCC(N)C(=O)N[C@@H](CC(N)=O)C(=O)C(=O)[C@@H](NC(=O)[C@H](CO)NNC(CCC(=O)NCCCCNC(=O)C(Cc1ccccc1)NC(=O)C(N)CO)C(=O)O)[C@@H](C)O. The Morgan fingerprint density at radius 2 is 1.30 bits per heavy atom. The third kappa shape index (κ3) is 21.1. The summed E-state index contributed by atoms with van der Waals surface area (Å²) in [5.41, 5.74) is 21.8. The topological polar surface area (TPSA) is 423 Å². The molecule has 0 aliphatic carbocycles. The number of carbonyl (C=O) groups is 10. The number of aliphatic carboxylic acids is 1. The number of carboxylic acid groups (broad SMARTS) is 1. The van der Waals surface area contributed by atoms with Crippen molar-refractivity contribution in [1.29, 1.82) is 0 Å². The van der Waals surface area contributed by atoms with Crippen LogP contribution in [0, 0.1) is 0 Å². The molecule has 0 aliphatic heterocycles. The molecule has 0 bridgehead atoms. The Bertz CT molecular complexity index is 1720. The predicted molar refractivity (Wildman–Crippen MR) is 219 cm³/mol. The van der Waals surface area contributed by atoms with Crippen molar-refractivity contribution in [3.8, 4) is 0 Å². The molecule has 0 aliphatic rings. The fourth-order valence-corrected chi connectivity index (χ4v) is 5.28. The van der Waals surface area contributed by atoms with Crippen LogP contribution in [-0.4, -0.2) is 161 Å². The smallest absolute Gasteiger partial charge is 0.322 e. The Morgan fingerprint density at radius 3 is 1.86 bits per heavy atom. The number of benzene rings is 1. The number of aliphatic hydroxyl groups excluding tert-OH is 3.